The quantitative estimate of drug-likeness (QED) is 0.870. The second kappa shape index (κ2) is 7.17. The third-order valence-corrected chi connectivity index (χ3v) is 6.00. The summed E-state index contributed by atoms with van der Waals surface area (Å²) in [7, 11) is 0. The number of piperidine rings is 1. The van der Waals surface area contributed by atoms with Gasteiger partial charge in [0.2, 0.25) is 0 Å². The summed E-state index contributed by atoms with van der Waals surface area (Å²) in [6, 6.07) is 6.07. The Hall–Kier alpha value is -2.47. The van der Waals surface area contributed by atoms with Gasteiger partial charge in [-0.1, -0.05) is 6.42 Å². The van der Waals surface area contributed by atoms with Gasteiger partial charge in [0.15, 0.2) is 0 Å². The van der Waals surface area contributed by atoms with Gasteiger partial charge in [-0.05, 0) is 50.1 Å². The van der Waals surface area contributed by atoms with E-state index in [9.17, 15) is 4.79 Å². The number of hydrogen-bond acceptors (Lipinski definition) is 5. The Balaban J connectivity index is 1.32. The Kier molecular flexibility index (Phi) is 4.51. The van der Waals surface area contributed by atoms with Crippen molar-refractivity contribution in [3.63, 3.8) is 0 Å². The molecule has 1 aromatic heterocycles. The fraction of sp³-hybridized carbons (Fsp3) is 0.500. The van der Waals surface area contributed by atoms with Crippen LogP contribution in [0.1, 0.15) is 65.2 Å². The molecule has 2 atom stereocenters. The minimum absolute atomic E-state index is 0.0750. The van der Waals surface area contributed by atoms with E-state index in [1.54, 1.807) is 0 Å². The summed E-state index contributed by atoms with van der Waals surface area (Å²) in [5.74, 6) is 1.89. The molecule has 0 aliphatic carbocycles. The molecule has 0 saturated carbocycles. The number of aromatic nitrogens is 2. The van der Waals surface area contributed by atoms with E-state index in [0.29, 0.717) is 13.1 Å². The van der Waals surface area contributed by atoms with Crippen molar-refractivity contribution in [1.82, 2.24) is 20.2 Å². The van der Waals surface area contributed by atoms with Gasteiger partial charge in [0.1, 0.15) is 17.7 Å². The summed E-state index contributed by atoms with van der Waals surface area (Å²) in [5.41, 5.74) is 4.03. The summed E-state index contributed by atoms with van der Waals surface area (Å²) in [6.45, 7) is 4.37. The van der Waals surface area contributed by atoms with E-state index in [1.807, 2.05) is 29.3 Å². The van der Waals surface area contributed by atoms with E-state index in [4.69, 9.17) is 9.72 Å². The molecular formula is C22H26N4O2. The van der Waals surface area contributed by atoms with Gasteiger partial charge in [-0.3, -0.25) is 4.79 Å². The minimum Gasteiger partial charge on any atom is -0.490 e. The molecule has 4 heterocycles. The number of carbonyl (C=O) groups is 1. The summed E-state index contributed by atoms with van der Waals surface area (Å²) >= 11 is 0. The molecule has 1 aromatic carbocycles. The van der Waals surface area contributed by atoms with Crippen LogP contribution in [0.5, 0.6) is 5.75 Å². The number of hydrogen-bond donors (Lipinski definition) is 1. The Morgan fingerprint density at radius 3 is 3.07 bits per heavy atom. The summed E-state index contributed by atoms with van der Waals surface area (Å²) < 4.78 is 5.75. The van der Waals surface area contributed by atoms with Gasteiger partial charge in [0, 0.05) is 43.3 Å². The van der Waals surface area contributed by atoms with Crippen molar-refractivity contribution in [3.05, 3.63) is 52.6 Å². The first-order chi connectivity index (χ1) is 13.7. The van der Waals surface area contributed by atoms with Crippen LogP contribution in [0.25, 0.3) is 0 Å². The zero-order valence-electron chi connectivity index (χ0n) is 16.3. The molecule has 6 heteroatoms. The van der Waals surface area contributed by atoms with Gasteiger partial charge < -0.3 is 15.0 Å². The monoisotopic (exact) mass is 378 g/mol. The van der Waals surface area contributed by atoms with Gasteiger partial charge in [-0.2, -0.15) is 0 Å². The lowest BCUT2D eigenvalue weighted by molar-refractivity contribution is 0.0733. The molecule has 0 spiro atoms. The Bertz CT molecular complexity index is 907. The number of nitrogens with zero attached hydrogens (tertiary/aromatic N) is 3. The zero-order chi connectivity index (χ0) is 19.1. The van der Waals surface area contributed by atoms with E-state index in [-0.39, 0.29) is 18.1 Å². The molecule has 5 rings (SSSR count). The Morgan fingerprint density at radius 2 is 2.21 bits per heavy atom. The molecule has 6 nitrogen and oxygen atoms in total. The van der Waals surface area contributed by atoms with Gasteiger partial charge in [0.25, 0.3) is 5.91 Å². The number of amides is 1. The van der Waals surface area contributed by atoms with Crippen LogP contribution in [-0.2, 0) is 19.4 Å². The van der Waals surface area contributed by atoms with Crippen molar-refractivity contribution in [1.29, 1.82) is 0 Å². The molecule has 2 aromatic rings. The first-order valence-electron chi connectivity index (χ1n) is 10.3. The van der Waals surface area contributed by atoms with Crippen molar-refractivity contribution in [2.24, 2.45) is 0 Å². The van der Waals surface area contributed by atoms with Crippen LogP contribution in [0, 0.1) is 0 Å². The van der Waals surface area contributed by atoms with Gasteiger partial charge in [-0.15, -0.1) is 0 Å². The molecule has 1 amide bonds. The maximum Gasteiger partial charge on any atom is 0.254 e. The molecule has 1 fully saturated rings. The van der Waals surface area contributed by atoms with Crippen LogP contribution in [0.15, 0.2) is 24.4 Å². The van der Waals surface area contributed by atoms with Crippen molar-refractivity contribution in [2.75, 3.05) is 13.1 Å². The molecule has 0 radical (unpaired) electrons. The molecule has 1 saturated heterocycles. The van der Waals surface area contributed by atoms with Crippen LogP contribution in [0.4, 0.5) is 0 Å². The third kappa shape index (κ3) is 3.26. The van der Waals surface area contributed by atoms with Crippen molar-refractivity contribution in [2.45, 2.75) is 57.7 Å². The minimum atomic E-state index is 0.0750. The number of benzene rings is 1. The summed E-state index contributed by atoms with van der Waals surface area (Å²) in [6.07, 6.45) is 7.32. The number of nitrogens with one attached hydrogen (secondary N) is 1. The number of ether oxygens (including phenoxy) is 1. The predicted octanol–water partition coefficient (Wildman–Crippen LogP) is 2.81. The Morgan fingerprint density at radius 1 is 1.29 bits per heavy atom. The zero-order valence-corrected chi connectivity index (χ0v) is 16.3. The highest BCUT2D eigenvalue weighted by atomic mass is 16.5. The second-order valence-electron chi connectivity index (χ2n) is 8.13. The maximum atomic E-state index is 13.0. The highest BCUT2D eigenvalue weighted by Crippen LogP contribution is 2.30. The molecule has 0 unspecified atom stereocenters. The van der Waals surface area contributed by atoms with Gasteiger partial charge in [0.05, 0.1) is 11.7 Å². The van der Waals surface area contributed by atoms with Gasteiger partial charge >= 0.3 is 0 Å². The molecule has 3 aliphatic rings. The maximum absolute atomic E-state index is 13.0. The second-order valence-corrected chi connectivity index (χ2v) is 8.13. The molecule has 3 aliphatic heterocycles. The standard InChI is InChI=1S/C22H26N4O2/c1-14-10-16-11-15(5-6-20(16)28-14)22(27)26-9-7-18-17(13-26)12-24-21(25-18)19-4-2-3-8-23-19/h5-6,11-12,14,19,23H,2-4,7-10,13H2,1H3/t14-,19+/m0/s1. The van der Waals surface area contributed by atoms with Crippen LogP contribution in [0.2, 0.25) is 0 Å². The van der Waals surface area contributed by atoms with E-state index >= 15 is 0 Å². The lowest BCUT2D eigenvalue weighted by atomic mass is 10.0. The van der Waals surface area contributed by atoms with Crippen LogP contribution in [0.3, 0.4) is 0 Å². The first kappa shape index (κ1) is 17.6. The summed E-state index contributed by atoms with van der Waals surface area (Å²) in [4.78, 5) is 24.4. The molecule has 1 N–H and O–H groups in total. The molecule has 28 heavy (non-hydrogen) atoms. The predicted molar refractivity (Wildman–Crippen MR) is 105 cm³/mol. The lowest BCUT2D eigenvalue weighted by Crippen LogP contribution is -2.37. The number of rotatable bonds is 2. The SMILES string of the molecule is C[C@H]1Cc2cc(C(=O)N3CCc4nc([C@H]5CCCCN5)ncc4C3)ccc2O1. The largest absolute Gasteiger partial charge is 0.490 e. The van der Waals surface area contributed by atoms with E-state index < -0.39 is 0 Å². The highest BCUT2D eigenvalue weighted by molar-refractivity contribution is 5.94. The highest BCUT2D eigenvalue weighted by Gasteiger charge is 2.27. The average molecular weight is 378 g/mol. The molecule has 0 bridgehead atoms. The van der Waals surface area contributed by atoms with Crippen molar-refractivity contribution < 1.29 is 9.53 Å². The van der Waals surface area contributed by atoms with Crippen molar-refractivity contribution in [3.8, 4) is 5.75 Å². The third-order valence-electron chi connectivity index (χ3n) is 6.00. The van der Waals surface area contributed by atoms with E-state index in [2.05, 4.69) is 17.2 Å². The number of carbonyl (C=O) groups excluding carboxylic acids is 1. The first-order valence-corrected chi connectivity index (χ1v) is 10.3. The fourth-order valence-corrected chi connectivity index (χ4v) is 4.48. The van der Waals surface area contributed by atoms with Crippen LogP contribution < -0.4 is 10.1 Å². The molecular weight excluding hydrogens is 352 g/mol. The van der Waals surface area contributed by atoms with Crippen LogP contribution in [-0.4, -0.2) is 40.0 Å². The van der Waals surface area contributed by atoms with E-state index in [1.165, 1.54) is 12.8 Å². The van der Waals surface area contributed by atoms with Gasteiger partial charge in [-0.25, -0.2) is 9.97 Å². The smallest absolute Gasteiger partial charge is 0.254 e. The summed E-state index contributed by atoms with van der Waals surface area (Å²) in [5, 5.41) is 3.51. The molecule has 146 valence electrons. The van der Waals surface area contributed by atoms with E-state index in [0.717, 1.165) is 59.8 Å². The fourth-order valence-electron chi connectivity index (χ4n) is 4.48. The Labute approximate surface area is 165 Å². The normalized spacial score (nSPS) is 23.7. The lowest BCUT2D eigenvalue weighted by Gasteiger charge is -2.29. The van der Waals surface area contributed by atoms with Crippen molar-refractivity contribution >= 4 is 5.91 Å². The average Bonchev–Trinajstić information content (AvgIpc) is 3.12. The number of fused-ring (bicyclic) bond motifs is 2. The van der Waals surface area contributed by atoms with Crippen LogP contribution >= 0.6 is 0 Å². The topological polar surface area (TPSA) is 67.4 Å².